The van der Waals surface area contributed by atoms with Gasteiger partial charge in [-0.25, -0.2) is 4.79 Å². The summed E-state index contributed by atoms with van der Waals surface area (Å²) in [5.41, 5.74) is 1.47. The van der Waals surface area contributed by atoms with Crippen molar-refractivity contribution in [2.24, 2.45) is 0 Å². The number of phenols is 3. The van der Waals surface area contributed by atoms with Crippen LogP contribution in [0.25, 0.3) is 0 Å². The summed E-state index contributed by atoms with van der Waals surface area (Å²) in [6, 6.07) is 9.47. The minimum Gasteiger partial charge on any atom is -0.504 e. The fraction of sp³-hybridized carbons (Fsp3) is 0.133. The molecule has 6 nitrogen and oxygen atoms in total. The molecule has 0 saturated carbocycles. The molecule has 0 aliphatic heterocycles. The number of rotatable bonds is 4. The Morgan fingerprint density at radius 2 is 1.90 bits per heavy atom. The maximum atomic E-state index is 11.4. The second-order valence-electron chi connectivity index (χ2n) is 4.37. The van der Waals surface area contributed by atoms with Crippen molar-refractivity contribution in [1.29, 1.82) is 0 Å². The van der Waals surface area contributed by atoms with Gasteiger partial charge in [-0.3, -0.25) is 0 Å². The van der Waals surface area contributed by atoms with E-state index in [4.69, 9.17) is 0 Å². The van der Waals surface area contributed by atoms with Crippen LogP contribution >= 0.6 is 0 Å². The minimum absolute atomic E-state index is 0.213. The molecule has 0 radical (unpaired) electrons. The summed E-state index contributed by atoms with van der Waals surface area (Å²) in [5, 5.41) is 31.4. The normalized spacial score (nSPS) is 10.1. The van der Waals surface area contributed by atoms with Gasteiger partial charge in [-0.2, -0.15) is 0 Å². The van der Waals surface area contributed by atoms with E-state index in [1.54, 1.807) is 24.3 Å². The number of aromatic hydroxyl groups is 3. The van der Waals surface area contributed by atoms with Crippen molar-refractivity contribution in [3.05, 3.63) is 47.5 Å². The van der Waals surface area contributed by atoms with E-state index in [0.29, 0.717) is 16.8 Å². The molecule has 21 heavy (non-hydrogen) atoms. The summed E-state index contributed by atoms with van der Waals surface area (Å²) >= 11 is 0. The van der Waals surface area contributed by atoms with Gasteiger partial charge in [-0.1, -0.05) is 6.07 Å². The van der Waals surface area contributed by atoms with Gasteiger partial charge >= 0.3 is 5.97 Å². The van der Waals surface area contributed by atoms with Crippen LogP contribution < -0.4 is 5.32 Å². The molecule has 0 spiro atoms. The van der Waals surface area contributed by atoms with E-state index < -0.39 is 11.7 Å². The lowest BCUT2D eigenvalue weighted by molar-refractivity contribution is 0.0601. The second-order valence-corrected chi connectivity index (χ2v) is 4.37. The molecule has 0 bridgehead atoms. The third-order valence-electron chi connectivity index (χ3n) is 2.98. The topological polar surface area (TPSA) is 99.0 Å². The van der Waals surface area contributed by atoms with Crippen molar-refractivity contribution >= 4 is 11.7 Å². The molecule has 0 saturated heterocycles. The Balaban J connectivity index is 2.14. The highest BCUT2D eigenvalue weighted by atomic mass is 16.5. The maximum Gasteiger partial charge on any atom is 0.337 e. The number of methoxy groups -OCH3 is 1. The Labute approximate surface area is 121 Å². The van der Waals surface area contributed by atoms with Gasteiger partial charge in [-0.05, 0) is 30.3 Å². The van der Waals surface area contributed by atoms with Crippen molar-refractivity contribution in [3.8, 4) is 17.2 Å². The average molecular weight is 289 g/mol. The number of ether oxygens (including phenoxy) is 1. The lowest BCUT2D eigenvalue weighted by Gasteiger charge is -2.10. The predicted molar refractivity (Wildman–Crippen MR) is 76.5 cm³/mol. The van der Waals surface area contributed by atoms with Gasteiger partial charge in [-0.15, -0.1) is 0 Å². The quantitative estimate of drug-likeness (QED) is 0.509. The van der Waals surface area contributed by atoms with Gasteiger partial charge in [0.25, 0.3) is 0 Å². The van der Waals surface area contributed by atoms with Gasteiger partial charge in [0.05, 0.1) is 12.7 Å². The highest BCUT2D eigenvalue weighted by molar-refractivity contribution is 5.90. The van der Waals surface area contributed by atoms with Crippen LogP contribution in [0.4, 0.5) is 5.69 Å². The predicted octanol–water partition coefficient (Wildman–Crippen LogP) is 2.20. The van der Waals surface area contributed by atoms with Crippen molar-refractivity contribution in [3.63, 3.8) is 0 Å². The third kappa shape index (κ3) is 3.17. The number of benzene rings is 2. The van der Waals surface area contributed by atoms with Gasteiger partial charge in [0.1, 0.15) is 0 Å². The highest BCUT2D eigenvalue weighted by Gasteiger charge is 2.11. The van der Waals surface area contributed by atoms with Crippen LogP contribution in [0, 0.1) is 0 Å². The van der Waals surface area contributed by atoms with E-state index in [1.165, 1.54) is 19.2 Å². The summed E-state index contributed by atoms with van der Waals surface area (Å²) in [6.07, 6.45) is 0. The SMILES string of the molecule is COC(=O)c1cccc(NCc2ccc(O)c(O)c2O)c1. The Morgan fingerprint density at radius 3 is 2.62 bits per heavy atom. The van der Waals surface area contributed by atoms with E-state index in [9.17, 15) is 20.1 Å². The fourth-order valence-corrected chi connectivity index (χ4v) is 1.82. The van der Waals surface area contributed by atoms with Crippen LogP contribution in [0.5, 0.6) is 17.2 Å². The number of anilines is 1. The molecule has 110 valence electrons. The van der Waals surface area contributed by atoms with Crippen LogP contribution in [0.2, 0.25) is 0 Å². The van der Waals surface area contributed by atoms with Gasteiger partial charge in [0, 0.05) is 17.8 Å². The molecule has 0 aromatic heterocycles. The third-order valence-corrected chi connectivity index (χ3v) is 2.98. The zero-order chi connectivity index (χ0) is 15.4. The highest BCUT2D eigenvalue weighted by Crippen LogP contribution is 2.37. The van der Waals surface area contributed by atoms with Crippen LogP contribution in [-0.2, 0) is 11.3 Å². The molecule has 0 amide bonds. The second kappa shape index (κ2) is 6.04. The molecular formula is C15H15NO5. The number of hydrogen-bond acceptors (Lipinski definition) is 6. The number of esters is 1. The first kappa shape index (κ1) is 14.5. The van der Waals surface area contributed by atoms with E-state index in [1.807, 2.05) is 0 Å². The Kier molecular flexibility index (Phi) is 4.18. The molecule has 0 aliphatic rings. The Bertz CT molecular complexity index is 669. The Morgan fingerprint density at radius 1 is 1.14 bits per heavy atom. The summed E-state index contributed by atoms with van der Waals surface area (Å²) in [6.45, 7) is 0.213. The minimum atomic E-state index is -0.558. The summed E-state index contributed by atoms with van der Waals surface area (Å²) in [7, 11) is 1.31. The van der Waals surface area contributed by atoms with Gasteiger partial charge in [0.15, 0.2) is 11.5 Å². The van der Waals surface area contributed by atoms with Crippen LogP contribution in [0.15, 0.2) is 36.4 Å². The zero-order valence-electron chi connectivity index (χ0n) is 11.3. The molecule has 6 heteroatoms. The molecule has 2 aromatic carbocycles. The van der Waals surface area contributed by atoms with E-state index in [2.05, 4.69) is 10.1 Å². The molecule has 2 rings (SSSR count). The number of phenolic OH excluding ortho intramolecular Hbond substituents is 3. The molecule has 0 aliphatic carbocycles. The molecular weight excluding hydrogens is 274 g/mol. The number of carbonyl (C=O) groups is 1. The molecule has 2 aromatic rings. The molecule has 0 unspecified atom stereocenters. The smallest absolute Gasteiger partial charge is 0.337 e. The first-order chi connectivity index (χ1) is 10.0. The van der Waals surface area contributed by atoms with Crippen LogP contribution in [0.3, 0.4) is 0 Å². The van der Waals surface area contributed by atoms with Crippen LogP contribution in [-0.4, -0.2) is 28.4 Å². The zero-order valence-corrected chi connectivity index (χ0v) is 11.3. The number of hydrogen-bond donors (Lipinski definition) is 4. The van der Waals surface area contributed by atoms with E-state index in [-0.39, 0.29) is 18.0 Å². The summed E-state index contributed by atoms with van der Waals surface area (Å²) in [5.74, 6) is -1.77. The first-order valence-corrected chi connectivity index (χ1v) is 6.18. The van der Waals surface area contributed by atoms with Crippen molar-refractivity contribution in [1.82, 2.24) is 0 Å². The van der Waals surface area contributed by atoms with Crippen molar-refractivity contribution in [2.45, 2.75) is 6.54 Å². The van der Waals surface area contributed by atoms with Crippen molar-refractivity contribution in [2.75, 3.05) is 12.4 Å². The van der Waals surface area contributed by atoms with Crippen molar-refractivity contribution < 1.29 is 24.9 Å². The number of nitrogens with one attached hydrogen (secondary N) is 1. The molecule has 0 fully saturated rings. The monoisotopic (exact) mass is 289 g/mol. The average Bonchev–Trinajstić information content (AvgIpc) is 2.51. The largest absolute Gasteiger partial charge is 0.504 e. The Hall–Kier alpha value is -2.89. The van der Waals surface area contributed by atoms with Gasteiger partial charge < -0.3 is 25.4 Å². The van der Waals surface area contributed by atoms with Gasteiger partial charge in [0.2, 0.25) is 5.75 Å². The fourth-order valence-electron chi connectivity index (χ4n) is 1.82. The first-order valence-electron chi connectivity index (χ1n) is 6.18. The number of carbonyl (C=O) groups excluding carboxylic acids is 1. The lowest BCUT2D eigenvalue weighted by Crippen LogP contribution is -2.04. The lowest BCUT2D eigenvalue weighted by atomic mass is 10.1. The molecule has 0 atom stereocenters. The van der Waals surface area contributed by atoms with Crippen LogP contribution in [0.1, 0.15) is 15.9 Å². The standard InChI is InChI=1S/C15H15NO5/c1-21-15(20)9-3-2-4-11(7-9)16-8-10-5-6-12(17)14(19)13(10)18/h2-7,16-19H,8H2,1H3. The van der Waals surface area contributed by atoms with E-state index >= 15 is 0 Å². The summed E-state index contributed by atoms with van der Waals surface area (Å²) < 4.78 is 4.63. The molecule has 4 N–H and O–H groups in total. The van der Waals surface area contributed by atoms with E-state index in [0.717, 1.165) is 0 Å². The molecule has 0 heterocycles. The summed E-state index contributed by atoms with van der Waals surface area (Å²) in [4.78, 5) is 11.4. The maximum absolute atomic E-state index is 11.4.